The second-order valence-corrected chi connectivity index (χ2v) is 9.13. The molecule has 1 atom stereocenters. The molecule has 0 aliphatic carbocycles. The van der Waals surface area contributed by atoms with E-state index in [1.807, 2.05) is 32.0 Å². The van der Waals surface area contributed by atoms with Crippen LogP contribution in [0.5, 0.6) is 0 Å². The van der Waals surface area contributed by atoms with Gasteiger partial charge in [-0.05, 0) is 55.7 Å². The third-order valence-electron chi connectivity index (χ3n) is 5.80. The number of oxazole rings is 1. The molecule has 1 unspecified atom stereocenters. The zero-order valence-corrected chi connectivity index (χ0v) is 19.0. The second-order valence-electron chi connectivity index (χ2n) is 8.32. The van der Waals surface area contributed by atoms with Crippen molar-refractivity contribution in [3.63, 3.8) is 0 Å². The summed E-state index contributed by atoms with van der Waals surface area (Å²) in [5.74, 6) is -1.47. The molecular formula is C23H21Cl2N3O4. The first-order valence-corrected chi connectivity index (χ1v) is 10.9. The number of nitrogens with one attached hydrogen (secondary N) is 2. The summed E-state index contributed by atoms with van der Waals surface area (Å²) in [6.07, 6.45) is 1.95. The van der Waals surface area contributed by atoms with Gasteiger partial charge in [-0.2, -0.15) is 0 Å². The smallest absolute Gasteiger partial charge is 0.234 e. The Morgan fingerprint density at radius 3 is 2.62 bits per heavy atom. The van der Waals surface area contributed by atoms with Gasteiger partial charge in [0.25, 0.3) is 0 Å². The summed E-state index contributed by atoms with van der Waals surface area (Å²) in [4.78, 5) is 40.7. The monoisotopic (exact) mass is 473 g/mol. The molecule has 32 heavy (non-hydrogen) atoms. The molecule has 1 aliphatic rings. The average Bonchev–Trinajstić information content (AvgIpc) is 3.21. The fraction of sp³-hybridized carbons (Fsp3) is 0.304. The van der Waals surface area contributed by atoms with Crippen LogP contribution in [-0.2, 0) is 26.3 Å². The van der Waals surface area contributed by atoms with E-state index in [0.717, 1.165) is 11.1 Å². The summed E-state index contributed by atoms with van der Waals surface area (Å²) < 4.78 is 5.34. The lowest BCUT2D eigenvalue weighted by atomic mass is 9.83. The van der Waals surface area contributed by atoms with Crippen LogP contribution in [0.2, 0.25) is 10.0 Å². The number of imide groups is 1. The molecule has 0 saturated carbocycles. The van der Waals surface area contributed by atoms with Crippen LogP contribution >= 0.6 is 23.2 Å². The van der Waals surface area contributed by atoms with Crippen molar-refractivity contribution in [2.24, 2.45) is 0 Å². The molecule has 2 aromatic carbocycles. The van der Waals surface area contributed by atoms with Crippen molar-refractivity contribution < 1.29 is 18.8 Å². The second kappa shape index (κ2) is 8.56. The lowest BCUT2D eigenvalue weighted by Crippen LogP contribution is -2.40. The van der Waals surface area contributed by atoms with Crippen LogP contribution in [0.4, 0.5) is 0 Å². The highest BCUT2D eigenvalue weighted by Crippen LogP contribution is 2.37. The van der Waals surface area contributed by atoms with Gasteiger partial charge in [-0.1, -0.05) is 29.3 Å². The Morgan fingerprint density at radius 2 is 1.94 bits per heavy atom. The van der Waals surface area contributed by atoms with Crippen molar-refractivity contribution in [3.05, 3.63) is 63.5 Å². The highest BCUT2D eigenvalue weighted by molar-refractivity contribution is 6.36. The predicted molar refractivity (Wildman–Crippen MR) is 120 cm³/mol. The Morgan fingerprint density at radius 1 is 1.22 bits per heavy atom. The van der Waals surface area contributed by atoms with Gasteiger partial charge in [0.2, 0.25) is 17.7 Å². The molecule has 1 aliphatic heterocycles. The van der Waals surface area contributed by atoms with E-state index in [4.69, 9.17) is 27.6 Å². The van der Waals surface area contributed by atoms with E-state index in [1.165, 1.54) is 6.39 Å². The Kier molecular flexibility index (Phi) is 5.97. The maximum atomic E-state index is 13.0. The SMILES string of the molecule is CC(C)(C(=O)NCc1cc(Cl)c(C2CCC(=O)NC2=O)c(Cl)c1)c1ccc2ncoc2c1. The molecule has 3 aromatic rings. The van der Waals surface area contributed by atoms with Gasteiger partial charge in [0, 0.05) is 28.6 Å². The number of rotatable bonds is 5. The zero-order valence-electron chi connectivity index (χ0n) is 17.5. The minimum absolute atomic E-state index is 0.183. The van der Waals surface area contributed by atoms with Crippen molar-refractivity contribution in [1.82, 2.24) is 15.6 Å². The first-order chi connectivity index (χ1) is 15.2. The quantitative estimate of drug-likeness (QED) is 0.539. The van der Waals surface area contributed by atoms with Gasteiger partial charge in [0.1, 0.15) is 5.52 Å². The average molecular weight is 474 g/mol. The summed E-state index contributed by atoms with van der Waals surface area (Å²) in [5.41, 5.74) is 2.51. The maximum Gasteiger partial charge on any atom is 0.234 e. The Labute approximate surface area is 194 Å². The van der Waals surface area contributed by atoms with Crippen molar-refractivity contribution in [2.75, 3.05) is 0 Å². The van der Waals surface area contributed by atoms with Crippen molar-refractivity contribution >= 4 is 52.0 Å². The highest BCUT2D eigenvalue weighted by atomic mass is 35.5. The fourth-order valence-electron chi connectivity index (χ4n) is 3.82. The number of hydrogen-bond donors (Lipinski definition) is 2. The lowest BCUT2D eigenvalue weighted by molar-refractivity contribution is -0.134. The Hall–Kier alpha value is -2.90. The van der Waals surface area contributed by atoms with Crippen LogP contribution in [0.15, 0.2) is 41.1 Å². The van der Waals surface area contributed by atoms with E-state index in [0.29, 0.717) is 33.2 Å². The molecule has 2 N–H and O–H groups in total. The Balaban J connectivity index is 1.49. The highest BCUT2D eigenvalue weighted by Gasteiger charge is 2.32. The van der Waals surface area contributed by atoms with E-state index in [2.05, 4.69) is 15.6 Å². The first kappa shape index (κ1) is 22.3. The first-order valence-electron chi connectivity index (χ1n) is 10.1. The number of hydrogen-bond acceptors (Lipinski definition) is 5. The zero-order chi connectivity index (χ0) is 23.0. The molecule has 1 fully saturated rings. The molecule has 166 valence electrons. The van der Waals surface area contributed by atoms with Crippen LogP contribution in [0.25, 0.3) is 11.1 Å². The minimum Gasteiger partial charge on any atom is -0.443 e. The van der Waals surface area contributed by atoms with E-state index in [-0.39, 0.29) is 24.8 Å². The molecule has 0 radical (unpaired) electrons. The molecular weight excluding hydrogens is 453 g/mol. The van der Waals surface area contributed by atoms with Crippen LogP contribution in [0.3, 0.4) is 0 Å². The third-order valence-corrected chi connectivity index (χ3v) is 6.43. The van der Waals surface area contributed by atoms with E-state index < -0.39 is 17.2 Å². The summed E-state index contributed by atoms with van der Waals surface area (Å²) in [7, 11) is 0. The van der Waals surface area contributed by atoms with E-state index >= 15 is 0 Å². The summed E-state index contributed by atoms with van der Waals surface area (Å²) in [5, 5.41) is 5.89. The number of amides is 3. The molecule has 0 spiro atoms. The van der Waals surface area contributed by atoms with Crippen molar-refractivity contribution in [1.29, 1.82) is 0 Å². The number of piperidine rings is 1. The molecule has 2 heterocycles. The number of aromatic nitrogens is 1. The molecule has 4 rings (SSSR count). The molecule has 3 amide bonds. The van der Waals surface area contributed by atoms with Crippen molar-refractivity contribution in [2.45, 2.75) is 44.6 Å². The van der Waals surface area contributed by atoms with Crippen molar-refractivity contribution in [3.8, 4) is 0 Å². The van der Waals surface area contributed by atoms with Crippen LogP contribution in [-0.4, -0.2) is 22.7 Å². The van der Waals surface area contributed by atoms with Gasteiger partial charge < -0.3 is 9.73 Å². The van der Waals surface area contributed by atoms with Gasteiger partial charge in [-0.15, -0.1) is 0 Å². The number of benzene rings is 2. The summed E-state index contributed by atoms with van der Waals surface area (Å²) in [6.45, 7) is 3.86. The van der Waals surface area contributed by atoms with Gasteiger partial charge in [0.15, 0.2) is 12.0 Å². The number of fused-ring (bicyclic) bond motifs is 1. The number of nitrogens with zero attached hydrogens (tertiary/aromatic N) is 1. The van der Waals surface area contributed by atoms with Gasteiger partial charge in [-0.3, -0.25) is 19.7 Å². The number of carbonyl (C=O) groups excluding carboxylic acids is 3. The normalized spacial score (nSPS) is 16.8. The number of halogens is 2. The summed E-state index contributed by atoms with van der Waals surface area (Å²) in [6, 6.07) is 8.84. The largest absolute Gasteiger partial charge is 0.443 e. The maximum absolute atomic E-state index is 13.0. The van der Waals surface area contributed by atoms with E-state index in [9.17, 15) is 14.4 Å². The van der Waals surface area contributed by atoms with Crippen LogP contribution in [0, 0.1) is 0 Å². The Bertz CT molecular complexity index is 1210. The minimum atomic E-state index is -0.818. The molecule has 1 aromatic heterocycles. The lowest BCUT2D eigenvalue weighted by Gasteiger charge is -2.25. The summed E-state index contributed by atoms with van der Waals surface area (Å²) >= 11 is 12.9. The van der Waals surface area contributed by atoms with E-state index in [1.54, 1.807) is 12.1 Å². The van der Waals surface area contributed by atoms with Crippen LogP contribution in [0.1, 0.15) is 49.3 Å². The molecule has 9 heteroatoms. The molecule has 0 bridgehead atoms. The predicted octanol–water partition coefficient (Wildman–Crippen LogP) is 4.25. The standard InChI is InChI=1S/C23H21Cl2N3O4/c1-23(2,13-3-5-17-18(9-13)32-11-27-17)22(31)26-10-12-7-15(24)20(16(25)8-12)14-4-6-19(29)28-21(14)30/h3,5,7-9,11,14H,4,6,10H2,1-2H3,(H,26,31)(H,28,29,30). The topological polar surface area (TPSA) is 101 Å². The number of carbonyl (C=O) groups is 3. The third kappa shape index (κ3) is 4.23. The molecule has 1 saturated heterocycles. The van der Waals surface area contributed by atoms with Gasteiger partial charge >= 0.3 is 0 Å². The van der Waals surface area contributed by atoms with Crippen LogP contribution < -0.4 is 10.6 Å². The molecule has 7 nitrogen and oxygen atoms in total. The fourth-order valence-corrected chi connectivity index (χ4v) is 4.61. The van der Waals surface area contributed by atoms with Gasteiger partial charge in [0.05, 0.1) is 11.3 Å². The van der Waals surface area contributed by atoms with Gasteiger partial charge in [-0.25, -0.2) is 4.98 Å².